The molecule has 0 bridgehead atoms. The number of allylic oxidation sites excluding steroid dienone is 2. The zero-order chi connectivity index (χ0) is 23.2. The summed E-state index contributed by atoms with van der Waals surface area (Å²) >= 11 is 5.95. The summed E-state index contributed by atoms with van der Waals surface area (Å²) in [7, 11) is 0. The first-order valence-electron chi connectivity index (χ1n) is 9.88. The van der Waals surface area contributed by atoms with Crippen LogP contribution in [-0.2, 0) is 15.8 Å². The van der Waals surface area contributed by atoms with Gasteiger partial charge in [-0.15, -0.1) is 0 Å². The van der Waals surface area contributed by atoms with E-state index in [-0.39, 0.29) is 33.8 Å². The van der Waals surface area contributed by atoms with Crippen molar-refractivity contribution in [3.63, 3.8) is 0 Å². The Morgan fingerprint density at radius 1 is 1.09 bits per heavy atom. The lowest BCUT2D eigenvalue weighted by Gasteiger charge is -2.18. The Morgan fingerprint density at radius 2 is 1.81 bits per heavy atom. The van der Waals surface area contributed by atoms with E-state index in [1.54, 1.807) is 6.07 Å². The molecule has 32 heavy (non-hydrogen) atoms. The minimum atomic E-state index is -4.59. The van der Waals surface area contributed by atoms with Crippen LogP contribution in [0.4, 0.5) is 24.5 Å². The van der Waals surface area contributed by atoms with Gasteiger partial charge in [0.15, 0.2) is 0 Å². The highest BCUT2D eigenvalue weighted by Crippen LogP contribution is 2.40. The molecule has 1 aliphatic carbocycles. The van der Waals surface area contributed by atoms with Crippen LogP contribution in [0.2, 0.25) is 5.02 Å². The molecule has 0 saturated carbocycles. The quantitative estimate of drug-likeness (QED) is 0.486. The zero-order valence-corrected chi connectivity index (χ0v) is 17.6. The number of imide groups is 1. The number of nitrogens with zero attached hydrogens (tertiary/aromatic N) is 1. The SMILES string of the molecule is CC1=CC[C@H]2C(=O)N(c3cccc(C(=O)Nc4cc(C(F)(F)F)ccc4Cl)c3)C(=O)[C@H]2C1. The minimum absolute atomic E-state index is 0.0562. The van der Waals surface area contributed by atoms with Gasteiger partial charge in [-0.1, -0.05) is 29.3 Å². The first kappa shape index (κ1) is 22.1. The van der Waals surface area contributed by atoms with Crippen LogP contribution in [0.3, 0.4) is 0 Å². The molecule has 2 aromatic carbocycles. The number of nitrogens with one attached hydrogen (secondary N) is 1. The number of hydrogen-bond donors (Lipinski definition) is 1. The van der Waals surface area contributed by atoms with Gasteiger partial charge in [-0.3, -0.25) is 19.3 Å². The highest BCUT2D eigenvalue weighted by atomic mass is 35.5. The predicted octanol–water partition coefficient (Wildman–Crippen LogP) is 5.46. The third-order valence-corrected chi connectivity index (χ3v) is 6.06. The van der Waals surface area contributed by atoms with Gasteiger partial charge in [-0.25, -0.2) is 0 Å². The predicted molar refractivity (Wildman–Crippen MR) is 113 cm³/mol. The summed E-state index contributed by atoms with van der Waals surface area (Å²) in [5, 5.41) is 2.31. The molecule has 2 aliphatic rings. The number of carbonyl (C=O) groups is 3. The third kappa shape index (κ3) is 4.02. The van der Waals surface area contributed by atoms with Gasteiger partial charge in [0.25, 0.3) is 5.91 Å². The van der Waals surface area contributed by atoms with Crippen LogP contribution >= 0.6 is 11.6 Å². The number of amides is 3. The summed E-state index contributed by atoms with van der Waals surface area (Å²) < 4.78 is 38.9. The maximum Gasteiger partial charge on any atom is 0.416 e. The van der Waals surface area contributed by atoms with Gasteiger partial charge in [0.2, 0.25) is 11.8 Å². The molecule has 0 unspecified atom stereocenters. The van der Waals surface area contributed by atoms with Crippen LogP contribution in [0.25, 0.3) is 0 Å². The van der Waals surface area contributed by atoms with Crippen molar-refractivity contribution in [3.05, 3.63) is 70.3 Å². The molecule has 0 aromatic heterocycles. The van der Waals surface area contributed by atoms with E-state index in [2.05, 4.69) is 5.32 Å². The van der Waals surface area contributed by atoms with Crippen molar-refractivity contribution in [3.8, 4) is 0 Å². The number of halogens is 4. The Morgan fingerprint density at radius 3 is 2.53 bits per heavy atom. The van der Waals surface area contributed by atoms with E-state index in [4.69, 9.17) is 11.6 Å². The average Bonchev–Trinajstić information content (AvgIpc) is 2.98. The monoisotopic (exact) mass is 462 g/mol. The van der Waals surface area contributed by atoms with E-state index in [1.165, 1.54) is 18.2 Å². The Balaban J connectivity index is 1.58. The normalized spacial score (nSPS) is 20.8. The highest BCUT2D eigenvalue weighted by Gasteiger charge is 2.48. The van der Waals surface area contributed by atoms with Gasteiger partial charge in [0, 0.05) is 5.56 Å². The summed E-state index contributed by atoms with van der Waals surface area (Å²) in [5.41, 5.74) is 0.222. The Kier molecular flexibility index (Phi) is 5.58. The number of hydrogen-bond acceptors (Lipinski definition) is 3. The maximum atomic E-state index is 13.0. The van der Waals surface area contributed by atoms with Crippen molar-refractivity contribution in [2.45, 2.75) is 25.9 Å². The molecular weight excluding hydrogens is 445 g/mol. The standard InChI is InChI=1S/C23H18ClF3N2O3/c1-12-5-7-16-17(9-12)22(32)29(21(16)31)15-4-2-3-13(10-15)20(30)28-19-11-14(23(25,26)27)6-8-18(19)24/h2-6,8,10-11,16-17H,7,9H2,1H3,(H,28,30)/t16-,17+/m1/s1. The molecule has 4 rings (SSSR count). The smallest absolute Gasteiger partial charge is 0.321 e. The van der Waals surface area contributed by atoms with Gasteiger partial charge in [-0.05, 0) is 56.2 Å². The number of alkyl halides is 3. The summed E-state index contributed by atoms with van der Waals surface area (Å²) in [5.74, 6) is -2.20. The average molecular weight is 463 g/mol. The second-order valence-electron chi connectivity index (χ2n) is 7.91. The van der Waals surface area contributed by atoms with Crippen molar-refractivity contribution in [2.75, 3.05) is 10.2 Å². The number of carbonyl (C=O) groups excluding carboxylic acids is 3. The van der Waals surface area contributed by atoms with Crippen molar-refractivity contribution < 1.29 is 27.6 Å². The lowest BCUT2D eigenvalue weighted by Crippen LogP contribution is -2.31. The molecule has 0 spiro atoms. The Hall–Kier alpha value is -3.13. The molecule has 166 valence electrons. The van der Waals surface area contributed by atoms with Crippen LogP contribution in [0.5, 0.6) is 0 Å². The van der Waals surface area contributed by atoms with E-state index in [9.17, 15) is 27.6 Å². The fraction of sp³-hybridized carbons (Fsp3) is 0.261. The second kappa shape index (κ2) is 8.09. The molecule has 1 aliphatic heterocycles. The van der Waals surface area contributed by atoms with E-state index >= 15 is 0 Å². The van der Waals surface area contributed by atoms with Crippen molar-refractivity contribution in [1.82, 2.24) is 0 Å². The molecule has 1 heterocycles. The molecule has 1 saturated heterocycles. The van der Waals surface area contributed by atoms with Crippen LogP contribution in [0, 0.1) is 11.8 Å². The zero-order valence-electron chi connectivity index (χ0n) is 16.9. The number of fused-ring (bicyclic) bond motifs is 1. The second-order valence-corrected chi connectivity index (χ2v) is 8.32. The number of benzene rings is 2. The molecule has 5 nitrogen and oxygen atoms in total. The van der Waals surface area contributed by atoms with Crippen LogP contribution in [-0.4, -0.2) is 17.7 Å². The summed E-state index contributed by atoms with van der Waals surface area (Å²) in [4.78, 5) is 39.6. The molecule has 3 amide bonds. The Bertz CT molecular complexity index is 1160. The van der Waals surface area contributed by atoms with Gasteiger partial charge in [0.1, 0.15) is 0 Å². The molecule has 0 radical (unpaired) electrons. The van der Waals surface area contributed by atoms with Crippen LogP contribution in [0.1, 0.15) is 35.7 Å². The largest absolute Gasteiger partial charge is 0.416 e. The molecule has 9 heteroatoms. The summed E-state index contributed by atoms with van der Waals surface area (Å²) in [6.07, 6.45) is -1.63. The fourth-order valence-corrected chi connectivity index (χ4v) is 4.23. The van der Waals surface area contributed by atoms with E-state index in [0.29, 0.717) is 12.8 Å². The number of rotatable bonds is 3. The molecule has 2 aromatic rings. The summed E-state index contributed by atoms with van der Waals surface area (Å²) in [6, 6.07) is 8.46. The van der Waals surface area contributed by atoms with Crippen LogP contribution < -0.4 is 10.2 Å². The van der Waals surface area contributed by atoms with Crippen molar-refractivity contribution in [2.24, 2.45) is 11.8 Å². The topological polar surface area (TPSA) is 66.5 Å². The Labute approximate surface area is 186 Å². The molecular formula is C23H18ClF3N2O3. The van der Waals surface area contributed by atoms with Gasteiger partial charge in [0.05, 0.1) is 33.8 Å². The van der Waals surface area contributed by atoms with Gasteiger partial charge >= 0.3 is 6.18 Å². The first-order valence-corrected chi connectivity index (χ1v) is 10.3. The lowest BCUT2D eigenvalue weighted by atomic mass is 9.82. The summed E-state index contributed by atoms with van der Waals surface area (Å²) in [6.45, 7) is 1.92. The highest BCUT2D eigenvalue weighted by molar-refractivity contribution is 6.34. The van der Waals surface area contributed by atoms with E-state index in [0.717, 1.165) is 28.7 Å². The maximum absolute atomic E-state index is 13.0. The lowest BCUT2D eigenvalue weighted by molar-refractivity contribution is -0.137. The van der Waals surface area contributed by atoms with Crippen molar-refractivity contribution >= 4 is 40.7 Å². The van der Waals surface area contributed by atoms with Gasteiger partial charge in [-0.2, -0.15) is 13.2 Å². The van der Waals surface area contributed by atoms with E-state index in [1.807, 2.05) is 13.0 Å². The fourth-order valence-electron chi connectivity index (χ4n) is 4.07. The van der Waals surface area contributed by atoms with Crippen LogP contribution in [0.15, 0.2) is 54.1 Å². The molecule has 1 fully saturated rings. The molecule has 2 atom stereocenters. The first-order chi connectivity index (χ1) is 15.1. The van der Waals surface area contributed by atoms with Crippen molar-refractivity contribution in [1.29, 1.82) is 0 Å². The third-order valence-electron chi connectivity index (χ3n) is 5.73. The minimum Gasteiger partial charge on any atom is -0.321 e. The van der Waals surface area contributed by atoms with Gasteiger partial charge < -0.3 is 5.32 Å². The molecule has 1 N–H and O–H groups in total. The number of anilines is 2. The van der Waals surface area contributed by atoms with E-state index < -0.39 is 29.5 Å².